The highest BCUT2D eigenvalue weighted by atomic mass is 35.5. The number of nitrogens with zero attached hydrogens (tertiary/aromatic N) is 2. The number of hydrogen-bond donors (Lipinski definition) is 0. The van der Waals surface area contributed by atoms with Gasteiger partial charge in [0.1, 0.15) is 0 Å². The van der Waals surface area contributed by atoms with Crippen molar-refractivity contribution in [3.63, 3.8) is 0 Å². The van der Waals surface area contributed by atoms with Crippen LogP contribution in [0.4, 0.5) is 0 Å². The summed E-state index contributed by atoms with van der Waals surface area (Å²) in [6, 6.07) is 8.03. The highest BCUT2D eigenvalue weighted by Crippen LogP contribution is 2.24. The average molecular weight is 335 g/mol. The maximum atomic E-state index is 12.8. The van der Waals surface area contributed by atoms with Gasteiger partial charge in [0.15, 0.2) is 0 Å². The van der Waals surface area contributed by atoms with Crippen LogP contribution in [0.5, 0.6) is 0 Å². The normalized spacial score (nSPS) is 23.5. The number of amides is 1. The summed E-state index contributed by atoms with van der Waals surface area (Å²) in [4.78, 5) is 17.4. The van der Waals surface area contributed by atoms with Gasteiger partial charge in [0.05, 0.1) is 5.92 Å². The van der Waals surface area contributed by atoms with E-state index in [1.54, 1.807) is 0 Å². The summed E-state index contributed by atoms with van der Waals surface area (Å²) < 4.78 is 0. The van der Waals surface area contributed by atoms with Crippen molar-refractivity contribution in [2.45, 2.75) is 45.1 Å². The molecular weight excluding hydrogens is 308 g/mol. The van der Waals surface area contributed by atoms with E-state index in [-0.39, 0.29) is 5.92 Å². The van der Waals surface area contributed by atoms with Crippen LogP contribution < -0.4 is 0 Å². The Morgan fingerprint density at radius 3 is 2.52 bits per heavy atom. The first-order valence-corrected chi connectivity index (χ1v) is 9.36. The molecule has 2 fully saturated rings. The number of carbonyl (C=O) groups is 1. The maximum Gasteiger partial charge on any atom is 0.226 e. The monoisotopic (exact) mass is 334 g/mol. The first kappa shape index (κ1) is 16.8. The molecule has 3 nitrogen and oxygen atoms in total. The molecule has 126 valence electrons. The van der Waals surface area contributed by atoms with Gasteiger partial charge in [-0.2, -0.15) is 0 Å². The molecule has 0 N–H and O–H groups in total. The number of rotatable bonds is 3. The lowest BCUT2D eigenvalue weighted by Gasteiger charge is -2.35. The van der Waals surface area contributed by atoms with E-state index in [0.29, 0.717) is 5.91 Å². The van der Waals surface area contributed by atoms with E-state index in [0.717, 1.165) is 56.2 Å². The highest BCUT2D eigenvalue weighted by Gasteiger charge is 2.29. The van der Waals surface area contributed by atoms with Crippen LogP contribution in [-0.4, -0.2) is 41.9 Å². The second-order valence-electron chi connectivity index (χ2n) is 6.91. The molecule has 2 saturated heterocycles. The molecule has 1 amide bonds. The maximum absolute atomic E-state index is 12.8. The van der Waals surface area contributed by atoms with Gasteiger partial charge in [-0.1, -0.05) is 42.6 Å². The molecule has 1 aromatic rings. The third kappa shape index (κ3) is 4.48. The third-order valence-corrected chi connectivity index (χ3v) is 5.49. The van der Waals surface area contributed by atoms with E-state index in [1.807, 2.05) is 18.2 Å². The summed E-state index contributed by atoms with van der Waals surface area (Å²) in [5.74, 6) is 0.556. The summed E-state index contributed by atoms with van der Waals surface area (Å²) in [7, 11) is 0. The van der Waals surface area contributed by atoms with E-state index in [9.17, 15) is 4.79 Å². The van der Waals surface area contributed by atoms with Crippen LogP contribution in [-0.2, 0) is 11.3 Å². The Morgan fingerprint density at radius 2 is 1.78 bits per heavy atom. The van der Waals surface area contributed by atoms with Gasteiger partial charge in [0, 0.05) is 31.2 Å². The minimum Gasteiger partial charge on any atom is -0.342 e. The van der Waals surface area contributed by atoms with Crippen molar-refractivity contribution in [1.29, 1.82) is 0 Å². The highest BCUT2D eigenvalue weighted by molar-refractivity contribution is 6.31. The molecule has 1 aromatic carbocycles. The zero-order valence-corrected chi connectivity index (χ0v) is 14.6. The molecule has 3 rings (SSSR count). The van der Waals surface area contributed by atoms with Crippen LogP contribution in [0.3, 0.4) is 0 Å². The number of likely N-dealkylation sites (tertiary alicyclic amines) is 2. The fourth-order valence-electron chi connectivity index (χ4n) is 3.82. The number of hydrogen-bond acceptors (Lipinski definition) is 2. The van der Waals surface area contributed by atoms with Crippen molar-refractivity contribution in [2.24, 2.45) is 5.92 Å². The van der Waals surface area contributed by atoms with Crippen LogP contribution in [0, 0.1) is 5.92 Å². The van der Waals surface area contributed by atoms with E-state index in [1.165, 1.54) is 25.7 Å². The van der Waals surface area contributed by atoms with Gasteiger partial charge < -0.3 is 4.90 Å². The van der Waals surface area contributed by atoms with Gasteiger partial charge in [-0.15, -0.1) is 0 Å². The SMILES string of the molecule is O=C([C@H]1CCCN(Cc2ccccc2Cl)C1)N1CCCCCC1. The van der Waals surface area contributed by atoms with Crippen LogP contribution in [0.15, 0.2) is 24.3 Å². The van der Waals surface area contributed by atoms with Gasteiger partial charge >= 0.3 is 0 Å². The van der Waals surface area contributed by atoms with Crippen molar-refractivity contribution < 1.29 is 4.79 Å². The van der Waals surface area contributed by atoms with Crippen molar-refractivity contribution in [1.82, 2.24) is 9.80 Å². The molecule has 2 heterocycles. The summed E-state index contributed by atoms with van der Waals surface area (Å²) in [5, 5.41) is 0.827. The minimum absolute atomic E-state index is 0.171. The smallest absolute Gasteiger partial charge is 0.226 e. The Labute approximate surface area is 144 Å². The van der Waals surface area contributed by atoms with Crippen molar-refractivity contribution >= 4 is 17.5 Å². The van der Waals surface area contributed by atoms with Crippen LogP contribution in [0.25, 0.3) is 0 Å². The predicted octanol–water partition coefficient (Wildman–Crippen LogP) is 3.95. The predicted molar refractivity (Wildman–Crippen MR) is 94.5 cm³/mol. The lowest BCUT2D eigenvalue weighted by molar-refractivity contribution is -0.137. The summed E-state index contributed by atoms with van der Waals surface area (Å²) in [5.41, 5.74) is 1.16. The lowest BCUT2D eigenvalue weighted by atomic mass is 9.96. The Balaban J connectivity index is 1.59. The van der Waals surface area contributed by atoms with Gasteiger partial charge in [0.25, 0.3) is 0 Å². The van der Waals surface area contributed by atoms with E-state index in [4.69, 9.17) is 11.6 Å². The Bertz CT molecular complexity index is 526. The quantitative estimate of drug-likeness (QED) is 0.835. The number of benzene rings is 1. The molecule has 0 spiro atoms. The number of halogens is 1. The average Bonchev–Trinajstić information content (AvgIpc) is 2.86. The second kappa shape index (κ2) is 8.16. The molecule has 0 saturated carbocycles. The Kier molecular flexibility index (Phi) is 5.96. The zero-order chi connectivity index (χ0) is 16.1. The standard InChI is InChI=1S/C19H27ClN2O/c20-18-10-4-3-8-16(18)14-21-11-7-9-17(15-21)19(23)22-12-5-1-2-6-13-22/h3-4,8,10,17H,1-2,5-7,9,11-15H2/t17-/m0/s1. The lowest BCUT2D eigenvalue weighted by Crippen LogP contribution is -2.44. The molecule has 0 unspecified atom stereocenters. The molecule has 0 aliphatic carbocycles. The molecule has 4 heteroatoms. The second-order valence-corrected chi connectivity index (χ2v) is 7.31. The molecule has 0 bridgehead atoms. The Hall–Kier alpha value is -1.06. The molecule has 2 aliphatic heterocycles. The fraction of sp³-hybridized carbons (Fsp3) is 0.632. The van der Waals surface area contributed by atoms with Crippen LogP contribution in [0.2, 0.25) is 5.02 Å². The topological polar surface area (TPSA) is 23.6 Å². The van der Waals surface area contributed by atoms with Crippen LogP contribution in [0.1, 0.15) is 44.1 Å². The van der Waals surface area contributed by atoms with Crippen LogP contribution >= 0.6 is 11.6 Å². The van der Waals surface area contributed by atoms with Crippen molar-refractivity contribution in [3.8, 4) is 0 Å². The first-order valence-electron chi connectivity index (χ1n) is 8.98. The summed E-state index contributed by atoms with van der Waals surface area (Å²) in [6.45, 7) is 4.71. The molecule has 23 heavy (non-hydrogen) atoms. The summed E-state index contributed by atoms with van der Waals surface area (Å²) >= 11 is 6.28. The van der Waals surface area contributed by atoms with Gasteiger partial charge in [-0.25, -0.2) is 0 Å². The summed E-state index contributed by atoms with van der Waals surface area (Å²) in [6.07, 6.45) is 7.02. The molecule has 0 radical (unpaired) electrons. The fourth-order valence-corrected chi connectivity index (χ4v) is 4.01. The number of carbonyl (C=O) groups excluding carboxylic acids is 1. The van der Waals surface area contributed by atoms with Gasteiger partial charge in [-0.3, -0.25) is 9.69 Å². The third-order valence-electron chi connectivity index (χ3n) is 5.12. The van der Waals surface area contributed by atoms with Gasteiger partial charge in [-0.05, 0) is 43.9 Å². The van der Waals surface area contributed by atoms with Gasteiger partial charge in [0.2, 0.25) is 5.91 Å². The minimum atomic E-state index is 0.171. The van der Waals surface area contributed by atoms with Crippen molar-refractivity contribution in [3.05, 3.63) is 34.9 Å². The van der Waals surface area contributed by atoms with E-state index >= 15 is 0 Å². The first-order chi connectivity index (χ1) is 11.2. The largest absolute Gasteiger partial charge is 0.342 e. The Morgan fingerprint density at radius 1 is 1.04 bits per heavy atom. The number of piperidine rings is 1. The zero-order valence-electron chi connectivity index (χ0n) is 13.8. The van der Waals surface area contributed by atoms with E-state index < -0.39 is 0 Å². The van der Waals surface area contributed by atoms with E-state index in [2.05, 4.69) is 15.9 Å². The molecule has 2 aliphatic rings. The molecule has 0 aromatic heterocycles. The van der Waals surface area contributed by atoms with Crippen molar-refractivity contribution in [2.75, 3.05) is 26.2 Å². The molecular formula is C19H27ClN2O. The molecule has 1 atom stereocenters.